The van der Waals surface area contributed by atoms with E-state index in [0.717, 1.165) is 37.2 Å². The fraction of sp³-hybridized carbons (Fsp3) is 0.556. The second-order valence-corrected chi connectivity index (χ2v) is 6.60. The van der Waals surface area contributed by atoms with Crippen molar-refractivity contribution in [2.24, 2.45) is 5.41 Å². The van der Waals surface area contributed by atoms with Crippen LogP contribution in [0.25, 0.3) is 0 Å². The Bertz CT molecular complexity index is 544. The molecule has 22 heavy (non-hydrogen) atoms. The van der Waals surface area contributed by atoms with Crippen LogP contribution in [-0.2, 0) is 9.59 Å². The van der Waals surface area contributed by atoms with Crippen LogP contribution < -0.4 is 5.32 Å². The first-order valence-electron chi connectivity index (χ1n) is 8.09. The topological polar surface area (TPSA) is 49.4 Å². The molecule has 2 rings (SSSR count). The van der Waals surface area contributed by atoms with Gasteiger partial charge in [0, 0.05) is 18.8 Å². The van der Waals surface area contributed by atoms with Crippen LogP contribution in [0.1, 0.15) is 45.1 Å². The molecule has 0 aromatic heterocycles. The molecule has 0 spiro atoms. The van der Waals surface area contributed by atoms with Crippen molar-refractivity contribution in [2.75, 3.05) is 18.4 Å². The van der Waals surface area contributed by atoms with Gasteiger partial charge in [0.05, 0.1) is 0 Å². The Morgan fingerprint density at radius 1 is 1.05 bits per heavy atom. The van der Waals surface area contributed by atoms with Crippen LogP contribution in [0.3, 0.4) is 0 Å². The van der Waals surface area contributed by atoms with Crippen LogP contribution in [0.4, 0.5) is 5.69 Å². The number of amides is 2. The average molecular weight is 302 g/mol. The molecule has 1 N–H and O–H groups in total. The van der Waals surface area contributed by atoms with Crippen molar-refractivity contribution in [1.29, 1.82) is 0 Å². The highest BCUT2D eigenvalue weighted by Crippen LogP contribution is 2.25. The normalized spacial score (nSPS) is 16.0. The molecule has 0 radical (unpaired) electrons. The van der Waals surface area contributed by atoms with E-state index in [1.807, 2.05) is 36.1 Å². The van der Waals surface area contributed by atoms with Gasteiger partial charge < -0.3 is 10.2 Å². The maximum Gasteiger partial charge on any atom is 0.239 e. The van der Waals surface area contributed by atoms with Gasteiger partial charge in [0.25, 0.3) is 0 Å². The largest absolute Gasteiger partial charge is 0.342 e. The summed E-state index contributed by atoms with van der Waals surface area (Å²) < 4.78 is 0. The summed E-state index contributed by atoms with van der Waals surface area (Å²) in [6.07, 6.45) is 4.39. The van der Waals surface area contributed by atoms with Gasteiger partial charge in [-0.05, 0) is 45.2 Å². The minimum Gasteiger partial charge on any atom is -0.342 e. The zero-order valence-corrected chi connectivity index (χ0v) is 13.8. The Hall–Kier alpha value is -1.84. The lowest BCUT2D eigenvalue weighted by molar-refractivity contribution is -0.146. The second-order valence-electron chi connectivity index (χ2n) is 6.60. The van der Waals surface area contributed by atoms with E-state index in [2.05, 4.69) is 5.32 Å². The molecule has 0 unspecified atom stereocenters. The van der Waals surface area contributed by atoms with Gasteiger partial charge in [-0.3, -0.25) is 9.59 Å². The molecular formula is C18H26N2O2. The number of benzene rings is 1. The molecule has 120 valence electrons. The van der Waals surface area contributed by atoms with E-state index in [0.29, 0.717) is 0 Å². The summed E-state index contributed by atoms with van der Waals surface area (Å²) in [4.78, 5) is 27.2. The molecule has 0 saturated carbocycles. The van der Waals surface area contributed by atoms with Gasteiger partial charge in [0.2, 0.25) is 11.8 Å². The van der Waals surface area contributed by atoms with Crippen molar-refractivity contribution < 1.29 is 9.59 Å². The highest BCUT2D eigenvalue weighted by molar-refractivity contribution is 6.10. The molecule has 0 atom stereocenters. The number of anilines is 1. The number of hydrogen-bond acceptors (Lipinski definition) is 2. The molecule has 4 nitrogen and oxygen atoms in total. The number of nitrogens with zero attached hydrogens (tertiary/aromatic N) is 1. The summed E-state index contributed by atoms with van der Waals surface area (Å²) in [5.41, 5.74) is 0.713. The molecule has 1 fully saturated rings. The number of aryl methyl sites for hydroxylation is 1. The van der Waals surface area contributed by atoms with Crippen LogP contribution in [0, 0.1) is 12.3 Å². The smallest absolute Gasteiger partial charge is 0.239 e. The fourth-order valence-corrected chi connectivity index (χ4v) is 2.76. The quantitative estimate of drug-likeness (QED) is 0.870. The third-order valence-electron chi connectivity index (χ3n) is 4.39. The van der Waals surface area contributed by atoms with Crippen LogP contribution >= 0.6 is 0 Å². The van der Waals surface area contributed by atoms with Crippen LogP contribution in [-0.4, -0.2) is 29.8 Å². The van der Waals surface area contributed by atoms with Gasteiger partial charge in [0.1, 0.15) is 5.41 Å². The Kier molecular flexibility index (Phi) is 5.22. The van der Waals surface area contributed by atoms with Gasteiger partial charge in [-0.1, -0.05) is 31.0 Å². The predicted molar refractivity (Wildman–Crippen MR) is 88.6 cm³/mol. The third kappa shape index (κ3) is 3.67. The zero-order chi connectivity index (χ0) is 16.2. The van der Waals surface area contributed by atoms with Crippen molar-refractivity contribution >= 4 is 17.5 Å². The number of likely N-dealkylation sites (tertiary alicyclic amines) is 1. The third-order valence-corrected chi connectivity index (χ3v) is 4.39. The summed E-state index contributed by atoms with van der Waals surface area (Å²) in [6.45, 7) is 6.90. The van der Waals surface area contributed by atoms with E-state index < -0.39 is 5.41 Å². The van der Waals surface area contributed by atoms with Gasteiger partial charge >= 0.3 is 0 Å². The highest BCUT2D eigenvalue weighted by atomic mass is 16.2. The summed E-state index contributed by atoms with van der Waals surface area (Å²) in [6, 6.07) is 7.61. The predicted octanol–water partition coefficient (Wildman–Crippen LogP) is 3.36. The lowest BCUT2D eigenvalue weighted by Gasteiger charge is -2.30. The number of carbonyl (C=O) groups excluding carboxylic acids is 2. The van der Waals surface area contributed by atoms with E-state index in [1.54, 1.807) is 13.8 Å². The number of rotatable bonds is 3. The molecule has 1 aromatic carbocycles. The van der Waals surface area contributed by atoms with Crippen molar-refractivity contribution in [3.05, 3.63) is 29.8 Å². The van der Waals surface area contributed by atoms with Crippen LogP contribution in [0.15, 0.2) is 24.3 Å². The fourth-order valence-electron chi connectivity index (χ4n) is 2.76. The van der Waals surface area contributed by atoms with Crippen molar-refractivity contribution in [3.8, 4) is 0 Å². The van der Waals surface area contributed by atoms with Crippen LogP contribution in [0.2, 0.25) is 0 Å². The summed E-state index contributed by atoms with van der Waals surface area (Å²) in [7, 11) is 0. The van der Waals surface area contributed by atoms with Gasteiger partial charge in [-0.2, -0.15) is 0 Å². The Balaban J connectivity index is 2.09. The standard InChI is InChI=1S/C18H26N2O2/c1-14-10-6-7-11-15(14)19-16(21)18(2,3)17(22)20-12-8-4-5-9-13-20/h6-7,10-11H,4-5,8-9,12-13H2,1-3H3,(H,19,21). The number of para-hydroxylation sites is 1. The molecular weight excluding hydrogens is 276 g/mol. The zero-order valence-electron chi connectivity index (χ0n) is 13.8. The number of nitrogens with one attached hydrogen (secondary N) is 1. The van der Waals surface area contributed by atoms with E-state index in [1.165, 1.54) is 12.8 Å². The lowest BCUT2D eigenvalue weighted by atomic mass is 9.90. The maximum atomic E-state index is 12.8. The summed E-state index contributed by atoms with van der Waals surface area (Å²) in [5.74, 6) is -0.309. The molecule has 1 heterocycles. The van der Waals surface area contributed by atoms with Crippen molar-refractivity contribution in [3.63, 3.8) is 0 Å². The number of hydrogen-bond donors (Lipinski definition) is 1. The minimum atomic E-state index is -1.05. The molecule has 1 aromatic rings. The first kappa shape index (κ1) is 16.5. The molecule has 4 heteroatoms. The first-order chi connectivity index (χ1) is 10.4. The van der Waals surface area contributed by atoms with Crippen molar-refractivity contribution in [2.45, 2.75) is 46.5 Å². The Morgan fingerprint density at radius 2 is 1.64 bits per heavy atom. The van der Waals surface area contributed by atoms with Gasteiger partial charge in [-0.25, -0.2) is 0 Å². The molecule has 1 aliphatic heterocycles. The lowest BCUT2D eigenvalue weighted by Crippen LogP contribution is -2.47. The molecule has 1 aliphatic rings. The summed E-state index contributed by atoms with van der Waals surface area (Å²) in [5, 5.41) is 2.90. The SMILES string of the molecule is Cc1ccccc1NC(=O)C(C)(C)C(=O)N1CCCCCC1. The van der Waals surface area contributed by atoms with Gasteiger partial charge in [0.15, 0.2) is 0 Å². The van der Waals surface area contributed by atoms with Gasteiger partial charge in [-0.15, -0.1) is 0 Å². The van der Waals surface area contributed by atoms with E-state index in [9.17, 15) is 9.59 Å². The second kappa shape index (κ2) is 6.95. The van der Waals surface area contributed by atoms with E-state index in [4.69, 9.17) is 0 Å². The molecule has 0 bridgehead atoms. The maximum absolute atomic E-state index is 12.8. The number of carbonyl (C=O) groups is 2. The average Bonchev–Trinajstić information content (AvgIpc) is 2.77. The van der Waals surface area contributed by atoms with Crippen LogP contribution in [0.5, 0.6) is 0 Å². The monoisotopic (exact) mass is 302 g/mol. The summed E-state index contributed by atoms with van der Waals surface area (Å²) >= 11 is 0. The first-order valence-corrected chi connectivity index (χ1v) is 8.09. The highest BCUT2D eigenvalue weighted by Gasteiger charge is 2.39. The molecule has 1 saturated heterocycles. The Labute approximate surface area is 132 Å². The van der Waals surface area contributed by atoms with Crippen molar-refractivity contribution in [1.82, 2.24) is 4.90 Å². The van der Waals surface area contributed by atoms with E-state index in [-0.39, 0.29) is 11.8 Å². The minimum absolute atomic E-state index is 0.0690. The molecule has 2 amide bonds. The van der Waals surface area contributed by atoms with E-state index >= 15 is 0 Å². The molecule has 0 aliphatic carbocycles. The Morgan fingerprint density at radius 3 is 2.23 bits per heavy atom.